The summed E-state index contributed by atoms with van der Waals surface area (Å²) >= 11 is 0. The van der Waals surface area contributed by atoms with Gasteiger partial charge in [-0.15, -0.1) is 0 Å². The van der Waals surface area contributed by atoms with E-state index in [0.29, 0.717) is 17.5 Å². The summed E-state index contributed by atoms with van der Waals surface area (Å²) in [4.78, 5) is 14.4. The summed E-state index contributed by atoms with van der Waals surface area (Å²) in [6, 6.07) is 4.45. The zero-order chi connectivity index (χ0) is 16.5. The number of alkyl halides is 3. The zero-order valence-electron chi connectivity index (χ0n) is 12.3. The third-order valence-electron chi connectivity index (χ3n) is 3.35. The topological polar surface area (TPSA) is 55.1 Å². The van der Waals surface area contributed by atoms with Gasteiger partial charge in [0.05, 0.1) is 17.5 Å². The quantitative estimate of drug-likeness (QED) is 0.915. The normalized spacial score (nSPS) is 12.3. The molecule has 22 heavy (non-hydrogen) atoms. The molecular weight excluding hydrogens is 297 g/mol. The lowest BCUT2D eigenvalue weighted by atomic mass is 10.1. The molecule has 0 aliphatic carbocycles. The number of hydrogen-bond donors (Lipinski definition) is 1. The summed E-state index contributed by atoms with van der Waals surface area (Å²) in [6.07, 6.45) is -4.18. The van der Waals surface area contributed by atoms with Gasteiger partial charge in [0.15, 0.2) is 0 Å². The third-order valence-corrected chi connectivity index (χ3v) is 3.35. The minimum absolute atomic E-state index is 0.176. The first-order valence-corrected chi connectivity index (χ1v) is 6.96. The lowest BCUT2D eigenvalue weighted by Gasteiger charge is -2.12. The van der Waals surface area contributed by atoms with E-state index >= 15 is 0 Å². The molecule has 2 rings (SSSR count). The van der Waals surface area contributed by atoms with E-state index in [1.807, 2.05) is 13.8 Å². The van der Waals surface area contributed by atoms with Crippen molar-refractivity contribution in [2.24, 2.45) is 5.92 Å². The number of carbonyl (C=O) groups is 1. The molecule has 120 valence electrons. The van der Waals surface area contributed by atoms with Crippen LogP contribution in [0.5, 0.6) is 0 Å². The SMILES string of the molecule is CC(C)CCn1c(C(F)(F)F)nc2cc(CC(=O)O)ccc21. The molecular formula is C15H17F3N2O2. The van der Waals surface area contributed by atoms with E-state index in [-0.39, 0.29) is 24.4 Å². The molecule has 0 bridgehead atoms. The maximum absolute atomic E-state index is 13.1. The van der Waals surface area contributed by atoms with E-state index in [4.69, 9.17) is 5.11 Å². The van der Waals surface area contributed by atoms with Gasteiger partial charge in [-0.05, 0) is 30.0 Å². The highest BCUT2D eigenvalue weighted by atomic mass is 19.4. The van der Waals surface area contributed by atoms with Crippen molar-refractivity contribution in [1.82, 2.24) is 9.55 Å². The van der Waals surface area contributed by atoms with Gasteiger partial charge in [-0.1, -0.05) is 19.9 Å². The van der Waals surface area contributed by atoms with Crippen molar-refractivity contribution in [2.45, 2.75) is 39.4 Å². The molecule has 0 unspecified atom stereocenters. The van der Waals surface area contributed by atoms with Crippen LogP contribution < -0.4 is 0 Å². The lowest BCUT2D eigenvalue weighted by molar-refractivity contribution is -0.147. The summed E-state index contributed by atoms with van der Waals surface area (Å²) in [5.74, 6) is -1.70. The third kappa shape index (κ3) is 3.58. The number of hydrogen-bond acceptors (Lipinski definition) is 2. The van der Waals surface area contributed by atoms with Gasteiger partial charge in [0.25, 0.3) is 0 Å². The Morgan fingerprint density at radius 2 is 2.05 bits per heavy atom. The monoisotopic (exact) mass is 314 g/mol. The number of carboxylic acids is 1. The molecule has 0 saturated carbocycles. The van der Waals surface area contributed by atoms with Crippen molar-refractivity contribution in [3.63, 3.8) is 0 Å². The fourth-order valence-corrected chi connectivity index (χ4v) is 2.29. The van der Waals surface area contributed by atoms with Crippen LogP contribution in [0.4, 0.5) is 13.2 Å². The second-order valence-corrected chi connectivity index (χ2v) is 5.66. The number of fused-ring (bicyclic) bond motifs is 1. The van der Waals surface area contributed by atoms with Crippen molar-refractivity contribution in [3.05, 3.63) is 29.6 Å². The van der Waals surface area contributed by atoms with Gasteiger partial charge in [0.2, 0.25) is 5.82 Å². The summed E-state index contributed by atoms with van der Waals surface area (Å²) in [7, 11) is 0. The fourth-order valence-electron chi connectivity index (χ4n) is 2.29. The van der Waals surface area contributed by atoms with Gasteiger partial charge in [0.1, 0.15) is 0 Å². The Balaban J connectivity index is 2.51. The first-order valence-electron chi connectivity index (χ1n) is 6.96. The molecule has 0 radical (unpaired) electrons. The van der Waals surface area contributed by atoms with Crippen LogP contribution in [0.15, 0.2) is 18.2 Å². The number of aromatic nitrogens is 2. The maximum Gasteiger partial charge on any atom is 0.449 e. The van der Waals surface area contributed by atoms with E-state index < -0.39 is 18.0 Å². The Morgan fingerprint density at radius 1 is 1.36 bits per heavy atom. The number of nitrogens with zero attached hydrogens (tertiary/aromatic N) is 2. The molecule has 0 aliphatic heterocycles. The average Bonchev–Trinajstić information content (AvgIpc) is 2.73. The van der Waals surface area contributed by atoms with Crippen molar-refractivity contribution in [1.29, 1.82) is 0 Å². The highest BCUT2D eigenvalue weighted by molar-refractivity contribution is 5.79. The van der Waals surface area contributed by atoms with Gasteiger partial charge in [-0.25, -0.2) is 4.98 Å². The standard InChI is InChI=1S/C15H17F3N2O2/c1-9(2)5-6-20-12-4-3-10(8-13(21)22)7-11(12)19-14(20)15(16,17)18/h3-4,7,9H,5-6,8H2,1-2H3,(H,21,22). The van der Waals surface area contributed by atoms with E-state index in [1.54, 1.807) is 0 Å². The minimum atomic E-state index is -4.54. The maximum atomic E-state index is 13.1. The molecule has 7 heteroatoms. The second kappa shape index (κ2) is 5.98. The summed E-state index contributed by atoms with van der Waals surface area (Å²) in [5.41, 5.74) is 0.985. The number of benzene rings is 1. The minimum Gasteiger partial charge on any atom is -0.481 e. The largest absolute Gasteiger partial charge is 0.481 e. The second-order valence-electron chi connectivity index (χ2n) is 5.66. The van der Waals surface area contributed by atoms with Crippen molar-refractivity contribution >= 4 is 17.0 Å². The molecule has 1 aromatic heterocycles. The Morgan fingerprint density at radius 3 is 2.59 bits per heavy atom. The van der Waals surface area contributed by atoms with E-state index in [2.05, 4.69) is 4.98 Å². The van der Waals surface area contributed by atoms with Crippen LogP contribution in [-0.4, -0.2) is 20.6 Å². The molecule has 0 aliphatic rings. The molecule has 4 nitrogen and oxygen atoms in total. The molecule has 0 spiro atoms. The predicted molar refractivity (Wildman–Crippen MR) is 75.5 cm³/mol. The molecule has 2 aromatic rings. The molecule has 1 N–H and O–H groups in total. The van der Waals surface area contributed by atoms with Crippen LogP contribution >= 0.6 is 0 Å². The van der Waals surface area contributed by atoms with Gasteiger partial charge in [0, 0.05) is 6.54 Å². The average molecular weight is 314 g/mol. The molecule has 1 aromatic carbocycles. The van der Waals surface area contributed by atoms with E-state index in [1.165, 1.54) is 22.8 Å². The molecule has 0 atom stereocenters. The Labute approximate surface area is 125 Å². The number of aryl methyl sites for hydroxylation is 1. The summed E-state index contributed by atoms with van der Waals surface area (Å²) in [5, 5.41) is 8.77. The van der Waals surface area contributed by atoms with Crippen molar-refractivity contribution < 1.29 is 23.1 Å². The molecule has 0 fully saturated rings. The van der Waals surface area contributed by atoms with Crippen LogP contribution in [0.2, 0.25) is 0 Å². The first kappa shape index (κ1) is 16.3. The van der Waals surface area contributed by atoms with Gasteiger partial charge >= 0.3 is 12.1 Å². The molecule has 0 amide bonds. The van der Waals surface area contributed by atoms with Crippen LogP contribution in [-0.2, 0) is 23.9 Å². The van der Waals surface area contributed by atoms with Crippen LogP contribution in [0.25, 0.3) is 11.0 Å². The number of halogens is 3. The smallest absolute Gasteiger partial charge is 0.449 e. The van der Waals surface area contributed by atoms with Crippen molar-refractivity contribution in [2.75, 3.05) is 0 Å². The molecule has 0 saturated heterocycles. The van der Waals surface area contributed by atoms with Crippen molar-refractivity contribution in [3.8, 4) is 0 Å². The van der Waals surface area contributed by atoms with Crippen LogP contribution in [0.1, 0.15) is 31.7 Å². The summed E-state index contributed by atoms with van der Waals surface area (Å²) < 4.78 is 40.6. The number of aliphatic carboxylic acids is 1. The van der Waals surface area contributed by atoms with Gasteiger partial charge in [-0.3, -0.25) is 4.79 Å². The fraction of sp³-hybridized carbons (Fsp3) is 0.467. The van der Waals surface area contributed by atoms with E-state index in [0.717, 1.165) is 0 Å². The number of imidazole rings is 1. The highest BCUT2D eigenvalue weighted by Gasteiger charge is 2.37. The Bertz CT molecular complexity index is 690. The number of carboxylic acid groups (broad SMARTS) is 1. The van der Waals surface area contributed by atoms with Crippen LogP contribution in [0.3, 0.4) is 0 Å². The van der Waals surface area contributed by atoms with E-state index in [9.17, 15) is 18.0 Å². The molecule has 1 heterocycles. The lowest BCUT2D eigenvalue weighted by Crippen LogP contribution is -2.15. The predicted octanol–water partition coefficient (Wildman–Crippen LogP) is 3.73. The zero-order valence-corrected chi connectivity index (χ0v) is 12.3. The van der Waals surface area contributed by atoms with Gasteiger partial charge in [-0.2, -0.15) is 13.2 Å². The first-order chi connectivity index (χ1) is 10.2. The Kier molecular flexibility index (Phi) is 4.44. The Hall–Kier alpha value is -2.05. The van der Waals surface area contributed by atoms with Gasteiger partial charge < -0.3 is 9.67 Å². The number of rotatable bonds is 5. The summed E-state index contributed by atoms with van der Waals surface area (Å²) in [6.45, 7) is 4.11. The van der Waals surface area contributed by atoms with Crippen LogP contribution in [0, 0.1) is 5.92 Å². The highest BCUT2D eigenvalue weighted by Crippen LogP contribution is 2.32.